The Kier molecular flexibility index (Phi) is 2.47. The number of rotatable bonds is 2. The molecule has 0 aliphatic carbocycles. The van der Waals surface area contributed by atoms with E-state index >= 15 is 0 Å². The molecule has 1 N–H and O–H groups in total. The van der Waals surface area contributed by atoms with E-state index in [1.54, 1.807) is 0 Å². The molecule has 0 spiro atoms. The molecule has 1 heterocycles. The van der Waals surface area contributed by atoms with Gasteiger partial charge in [0.1, 0.15) is 0 Å². The quantitative estimate of drug-likeness (QED) is 0.799. The van der Waals surface area contributed by atoms with Crippen molar-refractivity contribution in [3.63, 3.8) is 0 Å². The average molecular weight is 209 g/mol. The second kappa shape index (κ2) is 4.11. The van der Waals surface area contributed by atoms with Crippen molar-refractivity contribution >= 4 is 0 Å². The van der Waals surface area contributed by atoms with E-state index in [0.29, 0.717) is 6.04 Å². The third kappa shape index (κ3) is 1.74. The first-order valence-electron chi connectivity index (χ1n) is 5.82. The smallest absolute Gasteiger partial charge is 0.0332 e. The molecule has 0 bridgehead atoms. The van der Waals surface area contributed by atoms with Crippen molar-refractivity contribution in [3.8, 4) is 11.1 Å². The maximum Gasteiger partial charge on any atom is 0.0332 e. The molecular weight excluding hydrogens is 194 g/mol. The highest BCUT2D eigenvalue weighted by Crippen LogP contribution is 2.25. The Morgan fingerprint density at radius 3 is 2.00 bits per heavy atom. The number of hydrogen-bond donors (Lipinski definition) is 1. The zero-order valence-electron chi connectivity index (χ0n) is 9.19. The van der Waals surface area contributed by atoms with E-state index in [0.717, 1.165) is 6.54 Å². The summed E-state index contributed by atoms with van der Waals surface area (Å²) >= 11 is 0. The van der Waals surface area contributed by atoms with Crippen LogP contribution in [0.2, 0.25) is 0 Å². The average Bonchev–Trinajstić information content (AvgIpc) is 2.29. The highest BCUT2D eigenvalue weighted by Gasteiger charge is 2.17. The van der Waals surface area contributed by atoms with Gasteiger partial charge in [-0.15, -0.1) is 0 Å². The number of nitrogens with one attached hydrogen (secondary N) is 1. The SMILES string of the molecule is c1ccc(-c2ccc([C@@H]3CCN3)cc2)cc1. The van der Waals surface area contributed by atoms with Gasteiger partial charge in [-0.3, -0.25) is 0 Å². The van der Waals surface area contributed by atoms with Crippen LogP contribution in [0.3, 0.4) is 0 Å². The van der Waals surface area contributed by atoms with Crippen LogP contribution in [-0.2, 0) is 0 Å². The summed E-state index contributed by atoms with van der Waals surface area (Å²) in [5, 5.41) is 3.42. The summed E-state index contributed by atoms with van der Waals surface area (Å²) in [5.74, 6) is 0. The van der Waals surface area contributed by atoms with Crippen molar-refractivity contribution in [2.45, 2.75) is 12.5 Å². The predicted molar refractivity (Wildman–Crippen MR) is 67.2 cm³/mol. The van der Waals surface area contributed by atoms with Crippen molar-refractivity contribution in [3.05, 3.63) is 60.2 Å². The molecule has 0 radical (unpaired) electrons. The van der Waals surface area contributed by atoms with Crippen LogP contribution < -0.4 is 5.32 Å². The fourth-order valence-corrected chi connectivity index (χ4v) is 2.11. The van der Waals surface area contributed by atoms with Crippen LogP contribution in [0, 0.1) is 0 Å². The molecule has 1 saturated heterocycles. The number of hydrogen-bond acceptors (Lipinski definition) is 1. The van der Waals surface area contributed by atoms with Gasteiger partial charge < -0.3 is 5.32 Å². The summed E-state index contributed by atoms with van der Waals surface area (Å²) in [6.07, 6.45) is 1.27. The lowest BCUT2D eigenvalue weighted by Crippen LogP contribution is -2.34. The van der Waals surface area contributed by atoms with Gasteiger partial charge in [-0.25, -0.2) is 0 Å². The van der Waals surface area contributed by atoms with E-state index in [-0.39, 0.29) is 0 Å². The highest BCUT2D eigenvalue weighted by atomic mass is 15.0. The van der Waals surface area contributed by atoms with Crippen LogP contribution in [0.25, 0.3) is 11.1 Å². The second-order valence-electron chi connectivity index (χ2n) is 4.28. The van der Waals surface area contributed by atoms with Gasteiger partial charge in [-0.1, -0.05) is 54.6 Å². The molecular formula is C15H15N. The van der Waals surface area contributed by atoms with Gasteiger partial charge in [0.25, 0.3) is 0 Å². The van der Waals surface area contributed by atoms with Crippen molar-refractivity contribution in [1.29, 1.82) is 0 Å². The lowest BCUT2D eigenvalue weighted by atomic mass is 9.95. The molecule has 1 nitrogen and oxygen atoms in total. The van der Waals surface area contributed by atoms with E-state index in [2.05, 4.69) is 59.9 Å². The molecule has 1 heteroatoms. The molecule has 0 aromatic heterocycles. The lowest BCUT2D eigenvalue weighted by Gasteiger charge is -2.28. The molecule has 1 aliphatic rings. The third-order valence-corrected chi connectivity index (χ3v) is 3.24. The van der Waals surface area contributed by atoms with Gasteiger partial charge in [0.2, 0.25) is 0 Å². The summed E-state index contributed by atoms with van der Waals surface area (Å²) < 4.78 is 0. The molecule has 16 heavy (non-hydrogen) atoms. The van der Waals surface area contributed by atoms with Gasteiger partial charge in [0, 0.05) is 6.04 Å². The standard InChI is InChI=1S/C15H15N/c1-2-4-12(5-3-1)13-6-8-14(9-7-13)15-10-11-16-15/h1-9,15-16H,10-11H2/t15-/m0/s1. The normalized spacial score (nSPS) is 19.1. The highest BCUT2D eigenvalue weighted by molar-refractivity contribution is 5.63. The lowest BCUT2D eigenvalue weighted by molar-refractivity contribution is 0.383. The van der Waals surface area contributed by atoms with Crippen LogP contribution in [-0.4, -0.2) is 6.54 Å². The number of benzene rings is 2. The van der Waals surface area contributed by atoms with Crippen LogP contribution in [0.4, 0.5) is 0 Å². The Bertz CT molecular complexity index is 455. The van der Waals surface area contributed by atoms with Gasteiger partial charge in [-0.05, 0) is 29.7 Å². The largest absolute Gasteiger partial charge is 0.310 e. The molecule has 80 valence electrons. The first kappa shape index (κ1) is 9.61. The minimum absolute atomic E-state index is 0.588. The zero-order valence-corrected chi connectivity index (χ0v) is 9.19. The second-order valence-corrected chi connectivity index (χ2v) is 4.28. The van der Waals surface area contributed by atoms with Gasteiger partial charge in [0.05, 0.1) is 0 Å². The topological polar surface area (TPSA) is 12.0 Å². The maximum absolute atomic E-state index is 3.42. The van der Waals surface area contributed by atoms with Crippen molar-refractivity contribution in [2.24, 2.45) is 0 Å². The Morgan fingerprint density at radius 1 is 0.812 bits per heavy atom. The molecule has 1 aliphatic heterocycles. The molecule has 2 aromatic rings. The Morgan fingerprint density at radius 2 is 1.44 bits per heavy atom. The summed E-state index contributed by atoms with van der Waals surface area (Å²) in [6.45, 7) is 1.16. The van der Waals surface area contributed by atoms with Crippen molar-refractivity contribution < 1.29 is 0 Å². The molecule has 2 aromatic carbocycles. The fraction of sp³-hybridized carbons (Fsp3) is 0.200. The van der Waals surface area contributed by atoms with E-state index in [9.17, 15) is 0 Å². The van der Waals surface area contributed by atoms with Gasteiger partial charge >= 0.3 is 0 Å². The molecule has 0 amide bonds. The molecule has 0 unspecified atom stereocenters. The summed E-state index contributed by atoms with van der Waals surface area (Å²) in [7, 11) is 0. The third-order valence-electron chi connectivity index (χ3n) is 3.24. The van der Waals surface area contributed by atoms with E-state index in [4.69, 9.17) is 0 Å². The molecule has 0 saturated carbocycles. The Hall–Kier alpha value is -1.60. The molecule has 3 rings (SSSR count). The molecule has 1 fully saturated rings. The maximum atomic E-state index is 3.42. The Balaban J connectivity index is 1.87. The summed E-state index contributed by atoms with van der Waals surface area (Å²) in [5.41, 5.74) is 3.99. The van der Waals surface area contributed by atoms with Crippen LogP contribution in [0.1, 0.15) is 18.0 Å². The minimum Gasteiger partial charge on any atom is -0.310 e. The van der Waals surface area contributed by atoms with Gasteiger partial charge in [-0.2, -0.15) is 0 Å². The minimum atomic E-state index is 0.588. The van der Waals surface area contributed by atoms with Crippen LogP contribution in [0.15, 0.2) is 54.6 Å². The van der Waals surface area contributed by atoms with Crippen molar-refractivity contribution in [1.82, 2.24) is 5.32 Å². The molecule has 1 atom stereocenters. The fourth-order valence-electron chi connectivity index (χ4n) is 2.11. The summed E-state index contributed by atoms with van der Waals surface area (Å²) in [6, 6.07) is 20.0. The zero-order chi connectivity index (χ0) is 10.8. The van der Waals surface area contributed by atoms with Crippen molar-refractivity contribution in [2.75, 3.05) is 6.54 Å². The first-order chi connectivity index (χ1) is 7.93. The van der Waals surface area contributed by atoms with E-state index < -0.39 is 0 Å². The monoisotopic (exact) mass is 209 g/mol. The van der Waals surface area contributed by atoms with E-state index in [1.165, 1.54) is 23.1 Å². The first-order valence-corrected chi connectivity index (χ1v) is 5.82. The predicted octanol–water partition coefficient (Wildman–Crippen LogP) is 3.39. The summed E-state index contributed by atoms with van der Waals surface area (Å²) in [4.78, 5) is 0. The Labute approximate surface area is 96.1 Å². The van der Waals surface area contributed by atoms with Gasteiger partial charge in [0.15, 0.2) is 0 Å². The van der Waals surface area contributed by atoms with E-state index in [1.807, 2.05) is 0 Å². The van der Waals surface area contributed by atoms with Crippen LogP contribution in [0.5, 0.6) is 0 Å². The van der Waals surface area contributed by atoms with Crippen LogP contribution >= 0.6 is 0 Å².